The molecule has 3 heterocycles. The van der Waals surface area contributed by atoms with Crippen molar-refractivity contribution >= 4 is 52.8 Å². The maximum Gasteiger partial charge on any atom is 0.268 e. The zero-order chi connectivity index (χ0) is 43.2. The maximum atomic E-state index is 13.4. The van der Waals surface area contributed by atoms with E-state index in [1.807, 2.05) is 29.1 Å². The van der Waals surface area contributed by atoms with Crippen LogP contribution in [0, 0.1) is 6.92 Å². The number of methoxy groups -OCH3 is 1. The average Bonchev–Trinajstić information content (AvgIpc) is 3.60. The minimum absolute atomic E-state index is 0.264. The van der Waals surface area contributed by atoms with E-state index >= 15 is 0 Å². The Hall–Kier alpha value is -4.89. The number of hydrogen-bond donors (Lipinski definition) is 5. The van der Waals surface area contributed by atoms with Crippen molar-refractivity contribution in [3.05, 3.63) is 124 Å². The number of aliphatic hydroxyl groups excluding tert-OH is 1. The van der Waals surface area contributed by atoms with Gasteiger partial charge >= 0.3 is 0 Å². The van der Waals surface area contributed by atoms with E-state index in [1.165, 1.54) is 12.7 Å². The van der Waals surface area contributed by atoms with Gasteiger partial charge in [-0.3, -0.25) is 18.9 Å². The third-order valence-electron chi connectivity index (χ3n) is 10.3. The standard InChI is InChI=1S/C45H53ClN5O9P/c1-31-35(16-12-21-48-31)45(53)50-43-42-37(26-38(46)44(43)57-2)36-19-22-51(29-39(36)49-42)28-34-18-17-33(25-41(34)59-30-60-61(54,55)56)40(52)27-47-20-9-3-4-10-23-58-24-11-8-15-32-13-6-5-7-14-32/h5-7,12-14,16-19,21-22,25-26,29,40,47,52H,3-4,8-11,15,20,23-24,27-28,30H2,1-2H3,(H3,50,53,54,55,56). The Morgan fingerprint density at radius 3 is 2.56 bits per heavy atom. The van der Waals surface area contributed by atoms with Crippen molar-refractivity contribution in [1.29, 1.82) is 0 Å². The SMILES string of the molecule is COc1c(Cl)cc2c([nH]c3c[n+](Cc4ccc(C(O)CNCCCCCCOCCCCc5ccccc5)cc4OCOP(=O)([O-])O)ccc32)c1NC(=O)c1cccnc1C. The van der Waals surface area contributed by atoms with Gasteiger partial charge in [-0.05, 0) is 87.0 Å². The number of ether oxygens (including phenoxy) is 3. The second-order valence-corrected chi connectivity index (χ2v) is 16.4. The van der Waals surface area contributed by atoms with Crippen LogP contribution in [0.15, 0.2) is 91.4 Å². The lowest BCUT2D eigenvalue weighted by Crippen LogP contribution is -2.33. The second-order valence-electron chi connectivity index (χ2n) is 14.8. The number of carbonyl (C=O) groups is 1. The van der Waals surface area contributed by atoms with Crippen molar-refractivity contribution < 1.29 is 47.6 Å². The number of hydrogen-bond acceptors (Lipinski definition) is 10. The van der Waals surface area contributed by atoms with Crippen molar-refractivity contribution in [1.82, 2.24) is 15.3 Å². The number of fused-ring (bicyclic) bond motifs is 3. The van der Waals surface area contributed by atoms with Crippen molar-refractivity contribution in [2.75, 3.05) is 45.5 Å². The first-order valence-electron chi connectivity index (χ1n) is 20.4. The Balaban J connectivity index is 1.05. The summed E-state index contributed by atoms with van der Waals surface area (Å²) >= 11 is 6.67. The number of aliphatic hydroxyl groups is 1. The van der Waals surface area contributed by atoms with E-state index in [9.17, 15) is 19.4 Å². The molecule has 0 bridgehead atoms. The predicted molar refractivity (Wildman–Crippen MR) is 233 cm³/mol. The van der Waals surface area contributed by atoms with Gasteiger partial charge in [-0.1, -0.05) is 60.8 Å². The molecule has 61 heavy (non-hydrogen) atoms. The molecule has 0 saturated carbocycles. The Kier molecular flexibility index (Phi) is 16.7. The van der Waals surface area contributed by atoms with Crippen molar-refractivity contribution in [3.8, 4) is 11.5 Å². The molecular weight excluding hydrogens is 821 g/mol. The highest BCUT2D eigenvalue weighted by Crippen LogP contribution is 2.42. The van der Waals surface area contributed by atoms with E-state index in [1.54, 1.807) is 49.5 Å². The second kappa shape index (κ2) is 22.3. The summed E-state index contributed by atoms with van der Waals surface area (Å²) in [5, 5.41) is 19.2. The molecule has 6 rings (SSSR count). The van der Waals surface area contributed by atoms with Gasteiger partial charge in [0.25, 0.3) is 13.7 Å². The van der Waals surface area contributed by atoms with Crippen molar-refractivity contribution in [2.45, 2.75) is 64.5 Å². The highest BCUT2D eigenvalue weighted by Gasteiger charge is 2.22. The van der Waals surface area contributed by atoms with Crippen LogP contribution in [0.25, 0.3) is 21.8 Å². The first-order valence-corrected chi connectivity index (χ1v) is 22.3. The van der Waals surface area contributed by atoms with Gasteiger partial charge in [0.05, 0.1) is 34.9 Å². The highest BCUT2D eigenvalue weighted by molar-refractivity contribution is 7.44. The third kappa shape index (κ3) is 13.1. The molecule has 2 atom stereocenters. The van der Waals surface area contributed by atoms with Gasteiger partial charge in [0.15, 0.2) is 31.5 Å². The molecule has 3 aromatic carbocycles. The van der Waals surface area contributed by atoms with Gasteiger partial charge < -0.3 is 44.7 Å². The van der Waals surface area contributed by atoms with Gasteiger partial charge in [0.1, 0.15) is 17.0 Å². The lowest BCUT2D eigenvalue weighted by atomic mass is 10.1. The van der Waals surface area contributed by atoms with E-state index in [2.05, 4.69) is 49.4 Å². The number of rotatable bonds is 24. The molecule has 0 aliphatic carbocycles. The van der Waals surface area contributed by atoms with Crippen molar-refractivity contribution in [2.24, 2.45) is 0 Å². The van der Waals surface area contributed by atoms with Crippen molar-refractivity contribution in [3.63, 3.8) is 0 Å². The third-order valence-corrected chi connectivity index (χ3v) is 11.0. The Labute approximate surface area is 360 Å². The molecule has 16 heteroatoms. The summed E-state index contributed by atoms with van der Waals surface area (Å²) in [6.45, 7) is 3.87. The number of amides is 1. The molecule has 14 nitrogen and oxygen atoms in total. The zero-order valence-corrected chi connectivity index (χ0v) is 36.1. The smallest absolute Gasteiger partial charge is 0.268 e. The number of aromatic amines is 1. The number of nitrogens with one attached hydrogen (secondary N) is 3. The van der Waals surface area contributed by atoms with E-state index < -0.39 is 20.7 Å². The molecular formula is C45H53ClN5O9P. The minimum atomic E-state index is -5.05. The molecule has 0 fully saturated rings. The number of H-pyrrole nitrogens is 1. The van der Waals surface area contributed by atoms with E-state index in [-0.39, 0.29) is 18.2 Å². The number of halogens is 1. The van der Waals surface area contributed by atoms with E-state index in [0.29, 0.717) is 50.9 Å². The van der Waals surface area contributed by atoms with Crippen LogP contribution in [-0.4, -0.2) is 66.1 Å². The molecule has 0 aliphatic heterocycles. The Morgan fingerprint density at radius 2 is 1.79 bits per heavy atom. The summed E-state index contributed by atoms with van der Waals surface area (Å²) in [5.41, 5.74) is 5.25. The molecule has 5 N–H and O–H groups in total. The summed E-state index contributed by atoms with van der Waals surface area (Å²) in [6.07, 6.45) is 11.9. The number of benzene rings is 3. The fraction of sp³-hybridized carbons (Fsp3) is 0.356. The predicted octanol–water partition coefficient (Wildman–Crippen LogP) is 7.31. The van der Waals surface area contributed by atoms with Crippen LogP contribution in [-0.2, 0) is 26.8 Å². The number of nitrogens with zero attached hydrogens (tertiary/aromatic N) is 2. The summed E-state index contributed by atoms with van der Waals surface area (Å²) in [7, 11) is -3.57. The highest BCUT2D eigenvalue weighted by atomic mass is 35.5. The first-order chi connectivity index (χ1) is 29.5. The van der Waals surface area contributed by atoms with Crippen LogP contribution in [0.5, 0.6) is 11.5 Å². The van der Waals surface area contributed by atoms with Crippen LogP contribution >= 0.6 is 19.4 Å². The zero-order valence-electron chi connectivity index (χ0n) is 34.4. The molecule has 0 saturated heterocycles. The maximum absolute atomic E-state index is 13.4. The summed E-state index contributed by atoms with van der Waals surface area (Å²) in [6, 6.07) is 22.8. The molecule has 324 valence electrons. The van der Waals surface area contributed by atoms with Crippen LogP contribution in [0.4, 0.5) is 5.69 Å². The monoisotopic (exact) mass is 873 g/mol. The number of phosphoric acid groups is 1. The van der Waals surface area contributed by atoms with E-state index in [0.717, 1.165) is 81.0 Å². The number of pyridine rings is 2. The Morgan fingerprint density at radius 1 is 1.00 bits per heavy atom. The number of phosphoric ester groups is 1. The fourth-order valence-electron chi connectivity index (χ4n) is 7.14. The normalized spacial score (nSPS) is 13.0. The lowest BCUT2D eigenvalue weighted by molar-refractivity contribution is -0.687. The van der Waals surface area contributed by atoms with Crippen LogP contribution in [0.1, 0.15) is 77.4 Å². The summed E-state index contributed by atoms with van der Waals surface area (Å²) in [4.78, 5) is 41.5. The van der Waals surface area contributed by atoms with Gasteiger partial charge in [-0.25, -0.2) is 0 Å². The van der Waals surface area contributed by atoms with E-state index in [4.69, 9.17) is 30.7 Å². The van der Waals surface area contributed by atoms with Gasteiger partial charge in [-0.2, -0.15) is 4.57 Å². The number of anilines is 1. The molecule has 2 unspecified atom stereocenters. The lowest BCUT2D eigenvalue weighted by Gasteiger charge is -2.18. The first kappa shape index (κ1) is 45.6. The van der Waals surface area contributed by atoms with Crippen LogP contribution in [0.3, 0.4) is 0 Å². The summed E-state index contributed by atoms with van der Waals surface area (Å²) in [5.74, 6) is 0.193. The number of carbonyl (C=O) groups excluding carboxylic acids is 1. The molecule has 0 spiro atoms. The van der Waals surface area contributed by atoms with Gasteiger partial charge in [0, 0.05) is 48.5 Å². The average molecular weight is 874 g/mol. The molecule has 0 radical (unpaired) electrons. The molecule has 1 amide bonds. The largest absolute Gasteiger partial charge is 0.756 e. The number of aryl methyl sites for hydroxylation is 2. The number of aromatic nitrogens is 3. The molecule has 6 aromatic rings. The topological polar surface area (TPSA) is 191 Å². The fourth-order valence-corrected chi connectivity index (χ4v) is 7.61. The minimum Gasteiger partial charge on any atom is -0.756 e. The van der Waals surface area contributed by atoms with Crippen LogP contribution in [0.2, 0.25) is 5.02 Å². The quantitative estimate of drug-likeness (QED) is 0.0177. The van der Waals surface area contributed by atoms with Gasteiger partial charge in [0.2, 0.25) is 0 Å². The number of unbranched alkanes of at least 4 members (excludes halogenated alkanes) is 4. The Bertz CT molecular complexity index is 2430. The summed E-state index contributed by atoms with van der Waals surface area (Å²) < 4.78 is 34.8. The molecule has 0 aliphatic rings. The molecule has 3 aromatic heterocycles. The van der Waals surface area contributed by atoms with Crippen LogP contribution < -0.4 is 29.6 Å². The van der Waals surface area contributed by atoms with Gasteiger partial charge in [-0.15, -0.1) is 0 Å².